The molecule has 0 atom stereocenters. The molecule has 0 aromatic heterocycles. The van der Waals surface area contributed by atoms with Crippen molar-refractivity contribution in [3.05, 3.63) is 58.7 Å². The van der Waals surface area contributed by atoms with Gasteiger partial charge in [0, 0.05) is 18.1 Å². The van der Waals surface area contributed by atoms with Gasteiger partial charge in [0.25, 0.3) is 0 Å². The SMILES string of the molecule is CCC(OC(C)=O)(c1ccc(O)c(C)c1)c1ccc(O)c(C)c1. The maximum Gasteiger partial charge on any atom is 0.303 e. The first-order valence-corrected chi connectivity index (χ1v) is 7.60. The van der Waals surface area contributed by atoms with Gasteiger partial charge in [-0.1, -0.05) is 19.1 Å². The zero-order valence-corrected chi connectivity index (χ0v) is 13.9. The van der Waals surface area contributed by atoms with Crippen LogP contribution in [0.3, 0.4) is 0 Å². The molecule has 0 saturated carbocycles. The topological polar surface area (TPSA) is 66.8 Å². The van der Waals surface area contributed by atoms with Crippen LogP contribution in [0, 0.1) is 13.8 Å². The van der Waals surface area contributed by atoms with E-state index in [0.29, 0.717) is 17.5 Å². The van der Waals surface area contributed by atoms with Crippen LogP contribution in [-0.2, 0) is 15.1 Å². The fraction of sp³-hybridized carbons (Fsp3) is 0.316. The van der Waals surface area contributed by atoms with E-state index >= 15 is 0 Å². The Morgan fingerprint density at radius 3 is 1.74 bits per heavy atom. The van der Waals surface area contributed by atoms with Crippen molar-refractivity contribution in [3.8, 4) is 11.5 Å². The minimum atomic E-state index is -0.956. The number of phenols is 2. The van der Waals surface area contributed by atoms with Crippen molar-refractivity contribution in [3.63, 3.8) is 0 Å². The van der Waals surface area contributed by atoms with Crippen LogP contribution in [0.5, 0.6) is 11.5 Å². The van der Waals surface area contributed by atoms with Crippen molar-refractivity contribution >= 4 is 5.97 Å². The van der Waals surface area contributed by atoms with Gasteiger partial charge in [-0.25, -0.2) is 0 Å². The van der Waals surface area contributed by atoms with Gasteiger partial charge in [-0.15, -0.1) is 0 Å². The van der Waals surface area contributed by atoms with E-state index in [1.165, 1.54) is 6.92 Å². The fourth-order valence-corrected chi connectivity index (χ4v) is 2.82. The van der Waals surface area contributed by atoms with Crippen molar-refractivity contribution in [2.24, 2.45) is 0 Å². The van der Waals surface area contributed by atoms with Gasteiger partial charge in [0.1, 0.15) is 11.5 Å². The molecule has 0 spiro atoms. The Balaban J connectivity index is 2.70. The lowest BCUT2D eigenvalue weighted by Crippen LogP contribution is -2.32. The molecule has 0 heterocycles. The zero-order chi connectivity index (χ0) is 17.2. The Bertz CT molecular complexity index is 683. The Hall–Kier alpha value is -2.49. The molecular formula is C19H22O4. The van der Waals surface area contributed by atoms with E-state index in [4.69, 9.17) is 4.74 Å². The molecule has 0 bridgehead atoms. The van der Waals surface area contributed by atoms with E-state index in [1.807, 2.05) is 19.1 Å². The van der Waals surface area contributed by atoms with Crippen LogP contribution >= 0.6 is 0 Å². The van der Waals surface area contributed by atoms with Gasteiger partial charge >= 0.3 is 5.97 Å². The summed E-state index contributed by atoms with van der Waals surface area (Å²) in [6.45, 7) is 6.92. The Labute approximate surface area is 136 Å². The molecule has 23 heavy (non-hydrogen) atoms. The maximum atomic E-state index is 11.7. The summed E-state index contributed by atoms with van der Waals surface area (Å²) in [4.78, 5) is 11.7. The monoisotopic (exact) mass is 314 g/mol. The molecule has 0 unspecified atom stereocenters. The third kappa shape index (κ3) is 3.16. The van der Waals surface area contributed by atoms with Crippen molar-refractivity contribution < 1.29 is 19.7 Å². The largest absolute Gasteiger partial charge is 0.508 e. The van der Waals surface area contributed by atoms with Gasteiger partial charge in [0.15, 0.2) is 5.60 Å². The highest BCUT2D eigenvalue weighted by molar-refractivity contribution is 5.68. The lowest BCUT2D eigenvalue weighted by molar-refractivity contribution is -0.154. The highest BCUT2D eigenvalue weighted by atomic mass is 16.6. The molecule has 0 fully saturated rings. The number of esters is 1. The number of ether oxygens (including phenoxy) is 1. The minimum absolute atomic E-state index is 0.198. The molecule has 2 aromatic carbocycles. The van der Waals surface area contributed by atoms with E-state index in [9.17, 15) is 15.0 Å². The second-order valence-corrected chi connectivity index (χ2v) is 5.78. The summed E-state index contributed by atoms with van der Waals surface area (Å²) < 4.78 is 5.75. The summed E-state index contributed by atoms with van der Waals surface area (Å²) >= 11 is 0. The van der Waals surface area contributed by atoms with Crippen molar-refractivity contribution in [1.29, 1.82) is 0 Å². The molecule has 4 heteroatoms. The number of rotatable bonds is 4. The van der Waals surface area contributed by atoms with Gasteiger partial charge in [-0.2, -0.15) is 0 Å². The molecule has 0 amide bonds. The summed E-state index contributed by atoms with van der Waals surface area (Å²) in [5.74, 6) is 0.00948. The van der Waals surface area contributed by atoms with E-state index in [-0.39, 0.29) is 17.5 Å². The molecule has 0 saturated heterocycles. The van der Waals surface area contributed by atoms with E-state index in [1.54, 1.807) is 38.1 Å². The quantitative estimate of drug-likeness (QED) is 0.839. The van der Waals surface area contributed by atoms with Crippen LogP contribution in [0.2, 0.25) is 0 Å². The van der Waals surface area contributed by atoms with Crippen molar-refractivity contribution in [1.82, 2.24) is 0 Å². The molecule has 0 aliphatic rings. The average molecular weight is 314 g/mol. The highest BCUT2D eigenvalue weighted by Crippen LogP contribution is 2.40. The molecule has 0 radical (unpaired) electrons. The molecule has 0 aliphatic heterocycles. The van der Waals surface area contributed by atoms with Crippen molar-refractivity contribution in [2.45, 2.75) is 39.7 Å². The smallest absolute Gasteiger partial charge is 0.303 e. The zero-order valence-electron chi connectivity index (χ0n) is 13.9. The molecule has 4 nitrogen and oxygen atoms in total. The van der Waals surface area contributed by atoms with Gasteiger partial charge < -0.3 is 14.9 Å². The molecule has 2 rings (SSSR count). The van der Waals surface area contributed by atoms with E-state index < -0.39 is 5.60 Å². The second kappa shape index (κ2) is 6.32. The van der Waals surface area contributed by atoms with Crippen LogP contribution in [0.25, 0.3) is 0 Å². The molecule has 2 N–H and O–H groups in total. The Morgan fingerprint density at radius 2 is 1.43 bits per heavy atom. The van der Waals surface area contributed by atoms with Crippen molar-refractivity contribution in [2.75, 3.05) is 0 Å². The predicted octanol–water partition coefficient (Wildman–Crippen LogP) is 3.93. The third-order valence-electron chi connectivity index (χ3n) is 4.14. The molecular weight excluding hydrogens is 292 g/mol. The van der Waals surface area contributed by atoms with Crippen LogP contribution in [-0.4, -0.2) is 16.2 Å². The third-order valence-corrected chi connectivity index (χ3v) is 4.14. The first kappa shape index (κ1) is 16.9. The average Bonchev–Trinajstić information content (AvgIpc) is 2.50. The second-order valence-electron chi connectivity index (χ2n) is 5.78. The molecule has 0 aliphatic carbocycles. The van der Waals surface area contributed by atoms with Crippen LogP contribution in [0.4, 0.5) is 0 Å². The first-order chi connectivity index (χ1) is 10.8. The van der Waals surface area contributed by atoms with Crippen LogP contribution in [0.1, 0.15) is 42.5 Å². The van der Waals surface area contributed by atoms with Crippen LogP contribution in [0.15, 0.2) is 36.4 Å². The normalized spacial score (nSPS) is 11.3. The number of aryl methyl sites for hydroxylation is 2. The summed E-state index contributed by atoms with van der Waals surface area (Å²) in [5.41, 5.74) is 2.04. The highest BCUT2D eigenvalue weighted by Gasteiger charge is 2.36. The number of hydrogen-bond acceptors (Lipinski definition) is 4. The number of hydrogen-bond donors (Lipinski definition) is 2. The van der Waals surface area contributed by atoms with Crippen LogP contribution < -0.4 is 0 Å². The van der Waals surface area contributed by atoms with Gasteiger partial charge in [-0.3, -0.25) is 4.79 Å². The minimum Gasteiger partial charge on any atom is -0.508 e. The molecule has 2 aromatic rings. The standard InChI is InChI=1S/C19H22O4/c1-5-19(23-14(4)20,15-6-8-17(21)12(2)10-15)16-7-9-18(22)13(3)11-16/h6-11,21-22H,5H2,1-4H3. The number of carbonyl (C=O) groups excluding carboxylic acids is 1. The lowest BCUT2D eigenvalue weighted by Gasteiger charge is -2.34. The number of carbonyl (C=O) groups is 1. The van der Waals surface area contributed by atoms with Gasteiger partial charge in [0.2, 0.25) is 0 Å². The summed E-state index contributed by atoms with van der Waals surface area (Å²) in [6, 6.07) is 10.4. The summed E-state index contributed by atoms with van der Waals surface area (Å²) in [7, 11) is 0. The first-order valence-electron chi connectivity index (χ1n) is 7.60. The van der Waals surface area contributed by atoms with Gasteiger partial charge in [-0.05, 0) is 55.7 Å². The van der Waals surface area contributed by atoms with E-state index in [0.717, 1.165) is 11.1 Å². The van der Waals surface area contributed by atoms with Gasteiger partial charge in [0.05, 0.1) is 0 Å². The predicted molar refractivity (Wildman–Crippen MR) is 88.5 cm³/mol. The Kier molecular flexibility index (Phi) is 4.64. The van der Waals surface area contributed by atoms with E-state index in [2.05, 4.69) is 0 Å². The maximum absolute atomic E-state index is 11.7. The number of phenolic OH excluding ortho intramolecular Hbond substituents is 2. The fourth-order valence-electron chi connectivity index (χ4n) is 2.82. The lowest BCUT2D eigenvalue weighted by atomic mass is 9.82. The number of aromatic hydroxyl groups is 2. The summed E-state index contributed by atoms with van der Waals surface area (Å²) in [6.07, 6.45) is 0.529. The number of benzene rings is 2. The Morgan fingerprint density at radius 1 is 1.00 bits per heavy atom. The summed E-state index contributed by atoms with van der Waals surface area (Å²) in [5, 5.41) is 19.5. The molecule has 122 valence electrons.